The maximum Gasteiger partial charge on any atom is 0.130 e. The van der Waals surface area contributed by atoms with Gasteiger partial charge in [-0.15, -0.1) is 0 Å². The van der Waals surface area contributed by atoms with Crippen LogP contribution >= 0.6 is 11.8 Å². The van der Waals surface area contributed by atoms with Crippen molar-refractivity contribution in [2.45, 2.75) is 30.7 Å². The molecule has 0 bridgehead atoms. The van der Waals surface area contributed by atoms with E-state index in [1.807, 2.05) is 0 Å². The SMILES string of the molecule is CC1OCSC(O)C(O)C1O. The van der Waals surface area contributed by atoms with Crippen molar-refractivity contribution >= 4 is 11.8 Å². The third-order valence-corrected chi connectivity index (χ3v) is 2.59. The van der Waals surface area contributed by atoms with E-state index >= 15 is 0 Å². The van der Waals surface area contributed by atoms with Crippen molar-refractivity contribution in [3.8, 4) is 0 Å². The summed E-state index contributed by atoms with van der Waals surface area (Å²) in [6.07, 6.45) is -2.54. The average Bonchev–Trinajstić information content (AvgIpc) is 2.07. The third-order valence-electron chi connectivity index (χ3n) is 1.69. The quantitative estimate of drug-likeness (QED) is 0.452. The zero-order valence-corrected chi connectivity index (χ0v) is 6.99. The predicted molar refractivity (Wildman–Crippen MR) is 41.0 cm³/mol. The molecule has 0 aromatic carbocycles. The van der Waals surface area contributed by atoms with E-state index in [0.29, 0.717) is 5.94 Å². The molecule has 1 rings (SSSR count). The molecular weight excluding hydrogens is 168 g/mol. The van der Waals surface area contributed by atoms with E-state index in [0.717, 1.165) is 11.8 Å². The lowest BCUT2D eigenvalue weighted by atomic mass is 10.1. The zero-order chi connectivity index (χ0) is 8.43. The Bertz CT molecular complexity index is 118. The molecule has 1 heterocycles. The first kappa shape index (κ1) is 9.28. The van der Waals surface area contributed by atoms with Gasteiger partial charge in [-0.2, -0.15) is 0 Å². The minimum absolute atomic E-state index is 0.302. The summed E-state index contributed by atoms with van der Waals surface area (Å²) in [6.45, 7) is 1.66. The second kappa shape index (κ2) is 3.73. The second-order valence-electron chi connectivity index (χ2n) is 2.53. The van der Waals surface area contributed by atoms with Gasteiger partial charge < -0.3 is 20.1 Å². The molecule has 0 aliphatic carbocycles. The summed E-state index contributed by atoms with van der Waals surface area (Å²) in [7, 11) is 0. The number of thioether (sulfide) groups is 1. The zero-order valence-electron chi connectivity index (χ0n) is 6.17. The largest absolute Gasteiger partial charge is 0.388 e. The first-order valence-corrected chi connectivity index (χ1v) is 4.45. The molecule has 11 heavy (non-hydrogen) atoms. The molecule has 0 aromatic heterocycles. The van der Waals surface area contributed by atoms with Crippen LogP contribution in [0.15, 0.2) is 0 Å². The van der Waals surface area contributed by atoms with Gasteiger partial charge >= 0.3 is 0 Å². The Labute approximate surface area is 69.2 Å². The van der Waals surface area contributed by atoms with Crippen molar-refractivity contribution in [3.63, 3.8) is 0 Å². The highest BCUT2D eigenvalue weighted by Gasteiger charge is 2.32. The van der Waals surface area contributed by atoms with Gasteiger partial charge in [0.05, 0.1) is 12.0 Å². The third kappa shape index (κ3) is 2.07. The van der Waals surface area contributed by atoms with E-state index in [4.69, 9.17) is 9.84 Å². The summed E-state index contributed by atoms with van der Waals surface area (Å²) in [6, 6.07) is 0. The number of hydrogen-bond acceptors (Lipinski definition) is 5. The Balaban J connectivity index is 2.58. The van der Waals surface area contributed by atoms with Gasteiger partial charge in [-0.3, -0.25) is 0 Å². The van der Waals surface area contributed by atoms with E-state index in [-0.39, 0.29) is 0 Å². The number of aliphatic hydroxyl groups is 3. The molecule has 4 unspecified atom stereocenters. The molecule has 1 aliphatic heterocycles. The average molecular weight is 180 g/mol. The molecule has 66 valence electrons. The highest BCUT2D eigenvalue weighted by molar-refractivity contribution is 7.99. The molecule has 0 saturated carbocycles. The normalized spacial score (nSPS) is 46.9. The van der Waals surface area contributed by atoms with Gasteiger partial charge in [-0.25, -0.2) is 0 Å². The maximum atomic E-state index is 9.25. The highest BCUT2D eigenvalue weighted by atomic mass is 32.2. The minimum atomic E-state index is -1.11. The molecule has 0 aromatic rings. The number of rotatable bonds is 0. The molecule has 1 fully saturated rings. The van der Waals surface area contributed by atoms with Crippen LogP contribution in [0.3, 0.4) is 0 Å². The molecule has 0 radical (unpaired) electrons. The van der Waals surface area contributed by atoms with Crippen molar-refractivity contribution in [2.24, 2.45) is 0 Å². The summed E-state index contributed by atoms with van der Waals surface area (Å²) in [5.41, 5.74) is -0.949. The van der Waals surface area contributed by atoms with Gasteiger partial charge in [0.1, 0.15) is 17.6 Å². The van der Waals surface area contributed by atoms with E-state index < -0.39 is 23.7 Å². The van der Waals surface area contributed by atoms with Crippen LogP contribution in [0.2, 0.25) is 0 Å². The fourth-order valence-electron chi connectivity index (χ4n) is 0.860. The molecule has 0 spiro atoms. The molecule has 1 saturated heterocycles. The Morgan fingerprint density at radius 2 is 1.91 bits per heavy atom. The Morgan fingerprint density at radius 1 is 1.27 bits per heavy atom. The summed E-state index contributed by atoms with van der Waals surface area (Å²) in [5, 5.41) is 27.6. The highest BCUT2D eigenvalue weighted by Crippen LogP contribution is 2.22. The van der Waals surface area contributed by atoms with Gasteiger partial charge in [0.15, 0.2) is 0 Å². The van der Waals surface area contributed by atoms with E-state index in [1.54, 1.807) is 6.92 Å². The van der Waals surface area contributed by atoms with Crippen LogP contribution in [0.5, 0.6) is 0 Å². The van der Waals surface area contributed by atoms with Crippen molar-refractivity contribution in [1.29, 1.82) is 0 Å². The molecule has 5 heteroatoms. The monoisotopic (exact) mass is 180 g/mol. The summed E-state index contributed by atoms with van der Waals surface area (Å²) < 4.78 is 5.05. The first-order valence-electron chi connectivity index (χ1n) is 3.40. The fourth-order valence-corrected chi connectivity index (χ4v) is 1.65. The predicted octanol–water partition coefficient (Wildman–Crippen LogP) is -0.864. The van der Waals surface area contributed by atoms with Crippen LogP contribution in [0.4, 0.5) is 0 Å². The summed E-state index contributed by atoms with van der Waals surface area (Å²) >= 11 is 1.08. The van der Waals surface area contributed by atoms with Gasteiger partial charge in [-0.1, -0.05) is 11.8 Å². The van der Waals surface area contributed by atoms with Crippen LogP contribution in [0.25, 0.3) is 0 Å². The van der Waals surface area contributed by atoms with E-state index in [9.17, 15) is 10.2 Å². The van der Waals surface area contributed by atoms with Crippen molar-refractivity contribution < 1.29 is 20.1 Å². The molecule has 3 N–H and O–H groups in total. The van der Waals surface area contributed by atoms with Gasteiger partial charge in [0.25, 0.3) is 0 Å². The molecular formula is C6H12O4S. The smallest absolute Gasteiger partial charge is 0.130 e. The second-order valence-corrected chi connectivity index (χ2v) is 3.58. The first-order chi connectivity index (χ1) is 5.13. The Morgan fingerprint density at radius 3 is 2.55 bits per heavy atom. The van der Waals surface area contributed by atoms with Crippen LogP contribution < -0.4 is 0 Å². The Kier molecular flexibility index (Phi) is 3.15. The Hall–Kier alpha value is 0.190. The molecule has 4 nitrogen and oxygen atoms in total. The lowest BCUT2D eigenvalue weighted by Crippen LogP contribution is -2.40. The van der Waals surface area contributed by atoms with Crippen LogP contribution in [0.1, 0.15) is 6.92 Å². The lowest BCUT2D eigenvalue weighted by molar-refractivity contribution is -0.0842. The van der Waals surface area contributed by atoms with Crippen molar-refractivity contribution in [1.82, 2.24) is 0 Å². The molecule has 0 amide bonds. The van der Waals surface area contributed by atoms with Crippen LogP contribution in [0, 0.1) is 0 Å². The number of ether oxygens (including phenoxy) is 1. The fraction of sp³-hybridized carbons (Fsp3) is 1.00. The minimum Gasteiger partial charge on any atom is -0.388 e. The molecule has 1 aliphatic rings. The van der Waals surface area contributed by atoms with E-state index in [2.05, 4.69) is 0 Å². The number of hydrogen-bond donors (Lipinski definition) is 3. The van der Waals surface area contributed by atoms with Gasteiger partial charge in [0.2, 0.25) is 0 Å². The van der Waals surface area contributed by atoms with Crippen molar-refractivity contribution in [3.05, 3.63) is 0 Å². The van der Waals surface area contributed by atoms with Gasteiger partial charge in [0, 0.05) is 0 Å². The molecule has 4 atom stereocenters. The number of aliphatic hydroxyl groups excluding tert-OH is 3. The maximum absolute atomic E-state index is 9.25. The standard InChI is InChI=1S/C6H12O4S/c1-3-4(7)5(8)6(9)11-2-10-3/h3-9H,2H2,1H3. The van der Waals surface area contributed by atoms with Gasteiger partial charge in [-0.05, 0) is 6.92 Å². The van der Waals surface area contributed by atoms with E-state index in [1.165, 1.54) is 0 Å². The summed E-state index contributed by atoms with van der Waals surface area (Å²) in [4.78, 5) is 0. The van der Waals surface area contributed by atoms with Crippen LogP contribution in [-0.4, -0.2) is 45.0 Å². The topological polar surface area (TPSA) is 69.9 Å². The van der Waals surface area contributed by atoms with Crippen molar-refractivity contribution in [2.75, 3.05) is 5.94 Å². The van der Waals surface area contributed by atoms with Crippen LogP contribution in [-0.2, 0) is 4.74 Å². The lowest BCUT2D eigenvalue weighted by Gasteiger charge is -2.21. The summed E-state index contributed by atoms with van der Waals surface area (Å²) in [5.74, 6) is 0.302.